The fourth-order valence-corrected chi connectivity index (χ4v) is 6.98. The molecule has 2 N–H and O–H groups in total. The van der Waals surface area contributed by atoms with E-state index >= 15 is 0 Å². The minimum absolute atomic E-state index is 0.0570. The number of aliphatic carboxylic acids is 2. The number of carboxylic acids is 2. The Labute approximate surface area is 181 Å². The summed E-state index contributed by atoms with van der Waals surface area (Å²) in [5, 5.41) is 18.1. The molecule has 4 aliphatic rings. The summed E-state index contributed by atoms with van der Waals surface area (Å²) in [5.74, 6) is -3.61. The van der Waals surface area contributed by atoms with Crippen LogP contribution in [0.25, 0.3) is 0 Å². The maximum absolute atomic E-state index is 12.4. The number of carboxylic acid groups (broad SMARTS) is 2. The van der Waals surface area contributed by atoms with Crippen LogP contribution in [0.15, 0.2) is 12.2 Å². The largest absolute Gasteiger partial charge is 0.481 e. The Morgan fingerprint density at radius 3 is 1.39 bits per heavy atom. The van der Waals surface area contributed by atoms with Gasteiger partial charge in [0, 0.05) is 11.8 Å². The summed E-state index contributed by atoms with van der Waals surface area (Å²) >= 11 is 0. The molecular formula is C23H30O8. The van der Waals surface area contributed by atoms with Crippen molar-refractivity contribution < 1.29 is 38.9 Å². The van der Waals surface area contributed by atoms with Gasteiger partial charge in [-0.3, -0.25) is 19.2 Å². The predicted octanol–water partition coefficient (Wildman–Crippen LogP) is 3.09. The number of ether oxygens (including phenoxy) is 2. The minimum atomic E-state index is -1.21. The van der Waals surface area contributed by atoms with Gasteiger partial charge in [-0.05, 0) is 69.6 Å². The summed E-state index contributed by atoms with van der Waals surface area (Å²) in [4.78, 5) is 46.9. The van der Waals surface area contributed by atoms with E-state index in [1.54, 1.807) is 0 Å². The zero-order valence-corrected chi connectivity index (χ0v) is 17.6. The van der Waals surface area contributed by atoms with Gasteiger partial charge in [-0.15, -0.1) is 0 Å². The summed E-state index contributed by atoms with van der Waals surface area (Å²) in [6.07, 6.45) is 10.2. The van der Waals surface area contributed by atoms with Crippen LogP contribution in [0.5, 0.6) is 0 Å². The standard InChI is InChI=1S/C23H30O8/c24-16(25)12-18(28)30-22(7-1-2-8-22)20-14-5-6-15(11-14)21(20)23(9-3-4-10-23)31-19(29)13-17(26)27/h5-6,14-15,20-21H,1-4,7-13H2,(H,24,25)(H,26,27). The zero-order chi connectivity index (χ0) is 22.2. The van der Waals surface area contributed by atoms with Crippen LogP contribution in [0.1, 0.15) is 70.6 Å². The lowest BCUT2D eigenvalue weighted by atomic mass is 9.64. The quantitative estimate of drug-likeness (QED) is 0.339. The van der Waals surface area contributed by atoms with Crippen LogP contribution < -0.4 is 0 Å². The first-order chi connectivity index (χ1) is 14.7. The van der Waals surface area contributed by atoms with Gasteiger partial charge in [0.15, 0.2) is 0 Å². The van der Waals surface area contributed by atoms with Crippen molar-refractivity contribution in [3.63, 3.8) is 0 Å². The molecule has 31 heavy (non-hydrogen) atoms. The lowest BCUT2D eigenvalue weighted by Crippen LogP contribution is -2.54. The summed E-state index contributed by atoms with van der Waals surface area (Å²) in [5.41, 5.74) is -1.51. The van der Waals surface area contributed by atoms with Crippen molar-refractivity contribution in [2.24, 2.45) is 23.7 Å². The molecule has 0 spiro atoms. The molecule has 8 nitrogen and oxygen atoms in total. The van der Waals surface area contributed by atoms with E-state index in [4.69, 9.17) is 19.7 Å². The summed E-state index contributed by atoms with van der Waals surface area (Å²) in [6, 6.07) is 0. The van der Waals surface area contributed by atoms with E-state index in [0.717, 1.165) is 32.1 Å². The molecule has 4 aliphatic carbocycles. The smallest absolute Gasteiger partial charge is 0.317 e. The van der Waals surface area contributed by atoms with Crippen molar-refractivity contribution in [2.45, 2.75) is 81.8 Å². The zero-order valence-electron chi connectivity index (χ0n) is 17.6. The molecule has 0 heterocycles. The lowest BCUT2D eigenvalue weighted by Gasteiger charge is -2.48. The van der Waals surface area contributed by atoms with Crippen LogP contribution in [0.2, 0.25) is 0 Å². The van der Waals surface area contributed by atoms with Gasteiger partial charge in [0.1, 0.15) is 24.0 Å². The van der Waals surface area contributed by atoms with Crippen LogP contribution >= 0.6 is 0 Å². The van der Waals surface area contributed by atoms with E-state index in [-0.39, 0.29) is 23.7 Å². The monoisotopic (exact) mass is 434 g/mol. The third kappa shape index (κ3) is 4.08. The average molecular weight is 434 g/mol. The summed E-state index contributed by atoms with van der Waals surface area (Å²) in [7, 11) is 0. The fourth-order valence-electron chi connectivity index (χ4n) is 6.98. The number of rotatable bonds is 8. The van der Waals surface area contributed by atoms with Crippen LogP contribution in [-0.4, -0.2) is 45.3 Å². The highest BCUT2D eigenvalue weighted by Gasteiger charge is 2.64. The van der Waals surface area contributed by atoms with Crippen LogP contribution in [0.4, 0.5) is 0 Å². The number of allylic oxidation sites excluding steroid dienone is 2. The van der Waals surface area contributed by atoms with Gasteiger partial charge in [-0.1, -0.05) is 12.2 Å². The number of esters is 2. The number of hydrogen-bond acceptors (Lipinski definition) is 6. The lowest BCUT2D eigenvalue weighted by molar-refractivity contribution is -0.190. The number of hydrogen-bond donors (Lipinski definition) is 2. The second-order valence-corrected chi connectivity index (χ2v) is 9.63. The Balaban J connectivity index is 1.66. The van der Waals surface area contributed by atoms with Crippen molar-refractivity contribution in [3.8, 4) is 0 Å². The molecular weight excluding hydrogens is 404 g/mol. The molecule has 0 aromatic rings. The second kappa shape index (κ2) is 8.28. The molecule has 3 fully saturated rings. The van der Waals surface area contributed by atoms with Gasteiger partial charge in [0.2, 0.25) is 0 Å². The fraction of sp³-hybridized carbons (Fsp3) is 0.739. The van der Waals surface area contributed by atoms with Crippen molar-refractivity contribution in [1.29, 1.82) is 0 Å². The maximum Gasteiger partial charge on any atom is 0.317 e. The van der Waals surface area contributed by atoms with Crippen LogP contribution in [0.3, 0.4) is 0 Å². The molecule has 170 valence electrons. The third-order valence-corrected chi connectivity index (χ3v) is 7.80. The maximum atomic E-state index is 12.4. The molecule has 0 radical (unpaired) electrons. The average Bonchev–Trinajstić information content (AvgIpc) is 3.44. The minimum Gasteiger partial charge on any atom is -0.481 e. The molecule has 8 heteroatoms. The first-order valence-electron chi connectivity index (χ1n) is 11.3. The van der Waals surface area contributed by atoms with E-state index in [9.17, 15) is 19.2 Å². The van der Waals surface area contributed by atoms with E-state index < -0.39 is 47.9 Å². The second-order valence-electron chi connectivity index (χ2n) is 9.63. The molecule has 4 unspecified atom stereocenters. The van der Waals surface area contributed by atoms with Crippen LogP contribution in [0, 0.1) is 23.7 Å². The van der Waals surface area contributed by atoms with Gasteiger partial charge >= 0.3 is 23.9 Å². The Hall–Kier alpha value is -2.38. The van der Waals surface area contributed by atoms with E-state index in [1.807, 2.05) is 0 Å². The highest BCUT2D eigenvalue weighted by Crippen LogP contribution is 2.63. The molecule has 3 saturated carbocycles. The first kappa shape index (κ1) is 21.8. The van der Waals surface area contributed by atoms with Crippen molar-refractivity contribution in [1.82, 2.24) is 0 Å². The van der Waals surface area contributed by atoms with Crippen LogP contribution in [-0.2, 0) is 28.7 Å². The van der Waals surface area contributed by atoms with E-state index in [1.165, 1.54) is 0 Å². The molecule has 0 aromatic heterocycles. The summed E-state index contributed by atoms with van der Waals surface area (Å²) in [6.45, 7) is 0. The Kier molecular flexibility index (Phi) is 5.83. The van der Waals surface area contributed by atoms with Gasteiger partial charge in [0.25, 0.3) is 0 Å². The van der Waals surface area contributed by atoms with Crippen molar-refractivity contribution in [2.75, 3.05) is 0 Å². The topological polar surface area (TPSA) is 127 Å². The Morgan fingerprint density at radius 2 is 1.06 bits per heavy atom. The predicted molar refractivity (Wildman–Crippen MR) is 107 cm³/mol. The number of carbonyl (C=O) groups excluding carboxylic acids is 2. The normalized spacial score (nSPS) is 32.1. The van der Waals surface area contributed by atoms with Crippen molar-refractivity contribution in [3.05, 3.63) is 12.2 Å². The summed E-state index contributed by atoms with van der Waals surface area (Å²) < 4.78 is 11.9. The third-order valence-electron chi connectivity index (χ3n) is 7.80. The molecule has 0 aromatic carbocycles. The van der Waals surface area contributed by atoms with E-state index in [2.05, 4.69) is 12.2 Å². The van der Waals surface area contributed by atoms with Gasteiger partial charge in [-0.25, -0.2) is 0 Å². The molecule has 2 bridgehead atoms. The number of carbonyl (C=O) groups is 4. The van der Waals surface area contributed by atoms with E-state index in [0.29, 0.717) is 25.7 Å². The highest BCUT2D eigenvalue weighted by atomic mass is 16.6. The molecule has 4 atom stereocenters. The van der Waals surface area contributed by atoms with Gasteiger partial charge in [-0.2, -0.15) is 0 Å². The highest BCUT2D eigenvalue weighted by molar-refractivity contribution is 5.90. The molecule has 4 rings (SSSR count). The SMILES string of the molecule is O=C(O)CC(=O)OC1(C2C3C=CC(C3)C2C2(OC(=O)CC(=O)O)CCCC2)CCCC1. The molecule has 0 saturated heterocycles. The van der Waals surface area contributed by atoms with Crippen molar-refractivity contribution >= 4 is 23.9 Å². The number of fused-ring (bicyclic) bond motifs is 2. The first-order valence-corrected chi connectivity index (χ1v) is 11.3. The van der Waals surface area contributed by atoms with Gasteiger partial charge < -0.3 is 19.7 Å². The Bertz CT molecular complexity index is 723. The molecule has 0 amide bonds. The Morgan fingerprint density at radius 1 is 0.710 bits per heavy atom. The van der Waals surface area contributed by atoms with Gasteiger partial charge in [0.05, 0.1) is 0 Å². The molecule has 0 aliphatic heterocycles.